The highest BCUT2D eigenvalue weighted by Crippen LogP contribution is 2.23. The van der Waals surface area contributed by atoms with Crippen LogP contribution in [0.5, 0.6) is 0 Å². The lowest BCUT2D eigenvalue weighted by molar-refractivity contribution is 0.0696. The van der Waals surface area contributed by atoms with Crippen LogP contribution in [0.4, 0.5) is 5.69 Å². The molecule has 21 heavy (non-hydrogen) atoms. The molecule has 2 rings (SSSR count). The Balaban J connectivity index is 2.26. The Morgan fingerprint density at radius 1 is 1.24 bits per heavy atom. The molecule has 1 heterocycles. The van der Waals surface area contributed by atoms with Gasteiger partial charge in [0.1, 0.15) is 4.88 Å². The second kappa shape index (κ2) is 6.01. The van der Waals surface area contributed by atoms with Crippen molar-refractivity contribution < 1.29 is 14.7 Å². The minimum Gasteiger partial charge on any atom is -0.478 e. The van der Waals surface area contributed by atoms with Crippen LogP contribution in [0.3, 0.4) is 0 Å². The molecular formula is C14H15N3O3S. The summed E-state index contributed by atoms with van der Waals surface area (Å²) in [5.41, 5.74) is 1.48. The van der Waals surface area contributed by atoms with Crippen LogP contribution < -0.4 is 4.90 Å². The number of carbonyl (C=O) groups excluding carboxylic acids is 1. The lowest BCUT2D eigenvalue weighted by Gasteiger charge is -2.17. The molecule has 0 aliphatic rings. The minimum absolute atomic E-state index is 0.116. The van der Waals surface area contributed by atoms with E-state index in [4.69, 9.17) is 5.11 Å². The lowest BCUT2D eigenvalue weighted by Crippen LogP contribution is -2.26. The summed E-state index contributed by atoms with van der Waals surface area (Å²) in [4.78, 5) is 25.3. The monoisotopic (exact) mass is 305 g/mol. The Kier molecular flexibility index (Phi) is 4.32. The smallest absolute Gasteiger partial charge is 0.335 e. The number of aromatic nitrogens is 2. The highest BCUT2D eigenvalue weighted by molar-refractivity contribution is 7.08. The van der Waals surface area contributed by atoms with Gasteiger partial charge in [0, 0.05) is 12.7 Å². The first kappa shape index (κ1) is 15.1. The van der Waals surface area contributed by atoms with Crippen molar-refractivity contribution in [3.63, 3.8) is 0 Å². The molecule has 1 N–H and O–H groups in total. The van der Waals surface area contributed by atoms with E-state index in [0.29, 0.717) is 16.3 Å². The molecule has 0 saturated heterocycles. The number of aromatic carboxylic acids is 1. The standard InChI is InChI=1S/C14H15N3O3S/c1-8(2)11-12(21-16-15-11)13(18)17(3)10-6-4-9(5-7-10)14(19)20/h4-8H,1-3H3,(H,19,20). The molecule has 0 aliphatic heterocycles. The molecule has 0 aliphatic carbocycles. The molecule has 1 amide bonds. The number of amides is 1. The topological polar surface area (TPSA) is 83.4 Å². The molecule has 0 bridgehead atoms. The van der Waals surface area contributed by atoms with Crippen LogP contribution in [0.25, 0.3) is 0 Å². The van der Waals surface area contributed by atoms with Gasteiger partial charge in [-0.2, -0.15) is 0 Å². The van der Waals surface area contributed by atoms with Crippen molar-refractivity contribution in [2.45, 2.75) is 19.8 Å². The highest BCUT2D eigenvalue weighted by atomic mass is 32.1. The van der Waals surface area contributed by atoms with Crippen molar-refractivity contribution in [1.29, 1.82) is 0 Å². The Labute approximate surface area is 126 Å². The molecule has 0 radical (unpaired) electrons. The van der Waals surface area contributed by atoms with E-state index < -0.39 is 5.97 Å². The SMILES string of the molecule is CC(C)c1nnsc1C(=O)N(C)c1ccc(C(=O)O)cc1. The van der Waals surface area contributed by atoms with Crippen LogP contribution in [-0.2, 0) is 0 Å². The molecule has 2 aromatic rings. The third-order valence-corrected chi connectivity index (χ3v) is 3.79. The van der Waals surface area contributed by atoms with Gasteiger partial charge >= 0.3 is 5.97 Å². The molecule has 1 aromatic carbocycles. The van der Waals surface area contributed by atoms with Crippen LogP contribution >= 0.6 is 11.5 Å². The van der Waals surface area contributed by atoms with Gasteiger partial charge in [-0.25, -0.2) is 4.79 Å². The van der Waals surface area contributed by atoms with E-state index in [2.05, 4.69) is 9.59 Å². The molecule has 7 heteroatoms. The predicted octanol–water partition coefficient (Wildman–Crippen LogP) is 2.64. The average molecular weight is 305 g/mol. The number of benzene rings is 1. The molecule has 1 aromatic heterocycles. The van der Waals surface area contributed by atoms with Crippen LogP contribution in [0, 0.1) is 0 Å². The number of hydrogen-bond donors (Lipinski definition) is 1. The van der Waals surface area contributed by atoms with Crippen molar-refractivity contribution in [1.82, 2.24) is 9.59 Å². The zero-order valence-corrected chi connectivity index (χ0v) is 12.7. The molecule has 110 valence electrons. The van der Waals surface area contributed by atoms with Gasteiger partial charge in [-0.05, 0) is 41.7 Å². The summed E-state index contributed by atoms with van der Waals surface area (Å²) in [7, 11) is 1.64. The van der Waals surface area contributed by atoms with Crippen molar-refractivity contribution in [3.05, 3.63) is 40.4 Å². The number of carbonyl (C=O) groups is 2. The fraction of sp³-hybridized carbons (Fsp3) is 0.286. The average Bonchev–Trinajstić information content (AvgIpc) is 2.95. The maximum atomic E-state index is 12.5. The van der Waals surface area contributed by atoms with Gasteiger partial charge in [0.15, 0.2) is 0 Å². The van der Waals surface area contributed by atoms with E-state index in [9.17, 15) is 9.59 Å². The first-order chi connectivity index (χ1) is 9.91. The molecule has 0 spiro atoms. The second-order valence-electron chi connectivity index (χ2n) is 4.86. The van der Waals surface area contributed by atoms with Gasteiger partial charge in [-0.15, -0.1) is 5.10 Å². The van der Waals surface area contributed by atoms with E-state index in [-0.39, 0.29) is 17.4 Å². The van der Waals surface area contributed by atoms with Gasteiger partial charge in [-0.3, -0.25) is 4.79 Å². The summed E-state index contributed by atoms with van der Waals surface area (Å²) < 4.78 is 3.84. The largest absolute Gasteiger partial charge is 0.478 e. The summed E-state index contributed by atoms with van der Waals surface area (Å²) in [5.74, 6) is -1.08. The molecule has 6 nitrogen and oxygen atoms in total. The van der Waals surface area contributed by atoms with E-state index in [1.165, 1.54) is 17.0 Å². The fourth-order valence-corrected chi connectivity index (χ4v) is 2.62. The highest BCUT2D eigenvalue weighted by Gasteiger charge is 2.22. The van der Waals surface area contributed by atoms with Crippen molar-refractivity contribution in [3.8, 4) is 0 Å². The van der Waals surface area contributed by atoms with Gasteiger partial charge in [0.2, 0.25) is 0 Å². The number of carboxylic acids is 1. The fourth-order valence-electron chi connectivity index (χ4n) is 1.82. The van der Waals surface area contributed by atoms with Crippen molar-refractivity contribution in [2.24, 2.45) is 0 Å². The van der Waals surface area contributed by atoms with Gasteiger partial charge in [-0.1, -0.05) is 18.3 Å². The first-order valence-electron chi connectivity index (χ1n) is 6.35. The van der Waals surface area contributed by atoms with E-state index >= 15 is 0 Å². The summed E-state index contributed by atoms with van der Waals surface area (Å²) in [6.45, 7) is 3.91. The Morgan fingerprint density at radius 3 is 2.38 bits per heavy atom. The summed E-state index contributed by atoms with van der Waals surface area (Å²) in [6, 6.07) is 6.14. The number of hydrogen-bond acceptors (Lipinski definition) is 5. The predicted molar refractivity (Wildman–Crippen MR) is 80.1 cm³/mol. The number of rotatable bonds is 4. The van der Waals surface area contributed by atoms with E-state index in [1.54, 1.807) is 19.2 Å². The maximum absolute atomic E-state index is 12.5. The number of nitrogens with zero attached hydrogens (tertiary/aromatic N) is 3. The molecule has 0 atom stereocenters. The zero-order chi connectivity index (χ0) is 15.6. The van der Waals surface area contributed by atoms with E-state index in [0.717, 1.165) is 11.5 Å². The summed E-state index contributed by atoms with van der Waals surface area (Å²) in [5, 5.41) is 12.9. The van der Waals surface area contributed by atoms with Gasteiger partial charge < -0.3 is 10.0 Å². The van der Waals surface area contributed by atoms with Crippen molar-refractivity contribution >= 4 is 29.1 Å². The quantitative estimate of drug-likeness (QED) is 0.938. The third kappa shape index (κ3) is 3.08. The molecular weight excluding hydrogens is 290 g/mol. The Bertz CT molecular complexity index is 664. The molecule has 0 fully saturated rings. The second-order valence-corrected chi connectivity index (χ2v) is 5.61. The lowest BCUT2D eigenvalue weighted by atomic mass is 10.1. The summed E-state index contributed by atoms with van der Waals surface area (Å²) >= 11 is 1.07. The third-order valence-electron chi connectivity index (χ3n) is 3.06. The minimum atomic E-state index is -0.996. The van der Waals surface area contributed by atoms with Crippen LogP contribution in [0.15, 0.2) is 24.3 Å². The van der Waals surface area contributed by atoms with Crippen LogP contribution in [0.1, 0.15) is 45.5 Å². The number of carboxylic acid groups (broad SMARTS) is 1. The van der Waals surface area contributed by atoms with Crippen molar-refractivity contribution in [2.75, 3.05) is 11.9 Å². The Hall–Kier alpha value is -2.28. The van der Waals surface area contributed by atoms with Crippen LogP contribution in [0.2, 0.25) is 0 Å². The van der Waals surface area contributed by atoms with Crippen LogP contribution in [-0.4, -0.2) is 33.6 Å². The van der Waals surface area contributed by atoms with Gasteiger partial charge in [0.05, 0.1) is 11.3 Å². The normalized spacial score (nSPS) is 10.7. The van der Waals surface area contributed by atoms with E-state index in [1.807, 2.05) is 13.8 Å². The van der Waals surface area contributed by atoms with Gasteiger partial charge in [0.25, 0.3) is 5.91 Å². The molecule has 0 unspecified atom stereocenters. The summed E-state index contributed by atoms with van der Waals surface area (Å²) in [6.07, 6.45) is 0. The first-order valence-corrected chi connectivity index (χ1v) is 7.12. The number of anilines is 1. The Morgan fingerprint density at radius 2 is 1.86 bits per heavy atom. The molecule has 0 saturated carbocycles. The maximum Gasteiger partial charge on any atom is 0.335 e. The zero-order valence-electron chi connectivity index (χ0n) is 11.9.